The van der Waals surface area contributed by atoms with Crippen LogP contribution in [0.5, 0.6) is 0 Å². The highest BCUT2D eigenvalue weighted by atomic mass is 16.2. The number of likely N-dealkylation sites (N-methyl/N-ethyl adjacent to an activating group) is 1. The van der Waals surface area contributed by atoms with E-state index in [1.54, 1.807) is 29.3 Å². The summed E-state index contributed by atoms with van der Waals surface area (Å²) >= 11 is 0. The van der Waals surface area contributed by atoms with Crippen LogP contribution in [0, 0.1) is 0 Å². The summed E-state index contributed by atoms with van der Waals surface area (Å²) in [4.78, 5) is 18.2. The molecule has 5 nitrogen and oxygen atoms in total. The van der Waals surface area contributed by atoms with Gasteiger partial charge in [0.05, 0.1) is 0 Å². The van der Waals surface area contributed by atoms with Crippen LogP contribution in [0.3, 0.4) is 0 Å². The topological polar surface area (TPSA) is 64.2 Å². The molecule has 0 aliphatic carbocycles. The van der Waals surface area contributed by atoms with E-state index >= 15 is 0 Å². The zero-order chi connectivity index (χ0) is 18.7. The highest BCUT2D eigenvalue weighted by Gasteiger charge is 2.13. The minimum atomic E-state index is -0.0526. The van der Waals surface area contributed by atoms with Crippen molar-refractivity contribution in [2.75, 3.05) is 12.8 Å². The molecule has 0 aliphatic rings. The SMILES string of the molecule is CC(C)n1cc(CN(C)C(=O)C=Cc2ccc(N)nc2)c2ccccc21. The molecule has 0 spiro atoms. The molecule has 0 saturated heterocycles. The summed E-state index contributed by atoms with van der Waals surface area (Å²) in [5.41, 5.74) is 8.76. The molecular weight excluding hydrogens is 324 g/mol. The first-order valence-electron chi connectivity index (χ1n) is 8.69. The van der Waals surface area contributed by atoms with Gasteiger partial charge in [0.15, 0.2) is 0 Å². The lowest BCUT2D eigenvalue weighted by Crippen LogP contribution is -2.24. The lowest BCUT2D eigenvalue weighted by Gasteiger charge is -2.14. The number of hydrogen-bond acceptors (Lipinski definition) is 3. The van der Waals surface area contributed by atoms with E-state index in [2.05, 4.69) is 41.7 Å². The number of nitrogen functional groups attached to an aromatic ring is 1. The van der Waals surface area contributed by atoms with Crippen molar-refractivity contribution in [1.29, 1.82) is 0 Å². The van der Waals surface area contributed by atoms with Crippen molar-refractivity contribution in [1.82, 2.24) is 14.5 Å². The number of carbonyl (C=O) groups is 1. The molecule has 1 amide bonds. The molecule has 2 N–H and O–H groups in total. The van der Waals surface area contributed by atoms with E-state index in [4.69, 9.17) is 5.73 Å². The number of fused-ring (bicyclic) bond motifs is 1. The highest BCUT2D eigenvalue weighted by Crippen LogP contribution is 2.25. The molecular formula is C21H24N4O. The van der Waals surface area contributed by atoms with Crippen LogP contribution < -0.4 is 5.73 Å². The van der Waals surface area contributed by atoms with Crippen LogP contribution in [0.1, 0.15) is 31.0 Å². The third kappa shape index (κ3) is 3.77. The quantitative estimate of drug-likeness (QED) is 0.712. The third-order valence-corrected chi connectivity index (χ3v) is 4.39. The second kappa shape index (κ2) is 7.44. The Morgan fingerprint density at radius 1 is 1.27 bits per heavy atom. The minimum absolute atomic E-state index is 0.0526. The summed E-state index contributed by atoms with van der Waals surface area (Å²) in [7, 11) is 1.81. The van der Waals surface area contributed by atoms with Crippen LogP contribution >= 0.6 is 0 Å². The average Bonchev–Trinajstić information content (AvgIpc) is 3.00. The second-order valence-corrected chi connectivity index (χ2v) is 6.72. The van der Waals surface area contributed by atoms with E-state index < -0.39 is 0 Å². The maximum Gasteiger partial charge on any atom is 0.246 e. The van der Waals surface area contributed by atoms with Crippen molar-refractivity contribution < 1.29 is 4.79 Å². The molecule has 0 atom stereocenters. The van der Waals surface area contributed by atoms with E-state index in [0.717, 1.165) is 11.1 Å². The maximum absolute atomic E-state index is 12.5. The van der Waals surface area contributed by atoms with Gasteiger partial charge in [-0.25, -0.2) is 4.98 Å². The number of nitrogens with zero attached hydrogens (tertiary/aromatic N) is 3. The van der Waals surface area contributed by atoms with Crippen molar-refractivity contribution in [3.63, 3.8) is 0 Å². The van der Waals surface area contributed by atoms with Gasteiger partial charge < -0.3 is 15.2 Å². The van der Waals surface area contributed by atoms with E-state index in [0.29, 0.717) is 18.4 Å². The van der Waals surface area contributed by atoms with Crippen LogP contribution in [0.15, 0.2) is 54.9 Å². The van der Waals surface area contributed by atoms with Gasteiger partial charge in [-0.2, -0.15) is 0 Å². The van der Waals surface area contributed by atoms with Gasteiger partial charge >= 0.3 is 0 Å². The predicted molar refractivity (Wildman–Crippen MR) is 106 cm³/mol. The number of anilines is 1. The predicted octanol–water partition coefficient (Wildman–Crippen LogP) is 3.87. The molecule has 0 fully saturated rings. The number of benzene rings is 1. The summed E-state index contributed by atoms with van der Waals surface area (Å²) in [6.07, 6.45) is 7.11. The number of carbonyl (C=O) groups excluding carboxylic acids is 1. The molecule has 0 bridgehead atoms. The molecule has 2 aromatic heterocycles. The molecule has 3 rings (SSSR count). The monoisotopic (exact) mass is 348 g/mol. The van der Waals surface area contributed by atoms with Gasteiger partial charge in [0, 0.05) is 49.0 Å². The lowest BCUT2D eigenvalue weighted by atomic mass is 10.1. The Balaban J connectivity index is 1.77. The fourth-order valence-corrected chi connectivity index (χ4v) is 2.97. The van der Waals surface area contributed by atoms with Crippen molar-refractivity contribution >= 4 is 28.7 Å². The van der Waals surface area contributed by atoms with Crippen molar-refractivity contribution in [2.24, 2.45) is 0 Å². The fourth-order valence-electron chi connectivity index (χ4n) is 2.97. The Kier molecular flexibility index (Phi) is 5.07. The average molecular weight is 348 g/mol. The molecule has 2 heterocycles. The lowest BCUT2D eigenvalue weighted by molar-refractivity contribution is -0.125. The first-order valence-corrected chi connectivity index (χ1v) is 8.69. The number of amides is 1. The van der Waals surface area contributed by atoms with Gasteiger partial charge in [0.2, 0.25) is 5.91 Å². The smallest absolute Gasteiger partial charge is 0.246 e. The number of nitrogens with two attached hydrogens (primary N) is 1. The third-order valence-electron chi connectivity index (χ3n) is 4.39. The second-order valence-electron chi connectivity index (χ2n) is 6.72. The Morgan fingerprint density at radius 2 is 2.04 bits per heavy atom. The highest BCUT2D eigenvalue weighted by molar-refractivity contribution is 5.92. The minimum Gasteiger partial charge on any atom is -0.384 e. The van der Waals surface area contributed by atoms with Gasteiger partial charge in [-0.05, 0) is 49.2 Å². The molecule has 3 aromatic rings. The van der Waals surface area contributed by atoms with Gasteiger partial charge in [0.25, 0.3) is 0 Å². The standard InChI is InChI=1S/C21H24N4O/c1-15(2)25-14-17(18-6-4-5-7-19(18)25)13-24(3)21(26)11-9-16-8-10-20(22)23-12-16/h4-12,14-15H,13H2,1-3H3,(H2,22,23). The van der Waals surface area contributed by atoms with Crippen LogP contribution in [-0.2, 0) is 11.3 Å². The number of aromatic nitrogens is 2. The molecule has 0 aliphatic heterocycles. The van der Waals surface area contributed by atoms with Crippen molar-refractivity contribution in [3.8, 4) is 0 Å². The zero-order valence-electron chi connectivity index (χ0n) is 15.4. The molecule has 1 aromatic carbocycles. The molecule has 0 unspecified atom stereocenters. The fraction of sp³-hybridized carbons (Fsp3) is 0.238. The van der Waals surface area contributed by atoms with Gasteiger partial charge in [-0.15, -0.1) is 0 Å². The number of hydrogen-bond donors (Lipinski definition) is 1. The Hall–Kier alpha value is -3.08. The summed E-state index contributed by atoms with van der Waals surface area (Å²) in [6.45, 7) is 4.88. The summed E-state index contributed by atoms with van der Waals surface area (Å²) in [5.74, 6) is 0.412. The Morgan fingerprint density at radius 3 is 2.73 bits per heavy atom. The summed E-state index contributed by atoms with van der Waals surface area (Å²) in [6, 6.07) is 12.2. The Bertz CT molecular complexity index is 938. The van der Waals surface area contributed by atoms with Gasteiger partial charge in [0.1, 0.15) is 5.82 Å². The van der Waals surface area contributed by atoms with Gasteiger partial charge in [-0.1, -0.05) is 18.2 Å². The molecule has 5 heteroatoms. The van der Waals surface area contributed by atoms with E-state index in [1.807, 2.05) is 25.2 Å². The molecule has 134 valence electrons. The summed E-state index contributed by atoms with van der Waals surface area (Å²) in [5, 5.41) is 1.19. The van der Waals surface area contributed by atoms with Crippen LogP contribution in [0.2, 0.25) is 0 Å². The van der Waals surface area contributed by atoms with E-state index in [-0.39, 0.29) is 5.91 Å². The zero-order valence-corrected chi connectivity index (χ0v) is 15.4. The molecule has 0 radical (unpaired) electrons. The number of rotatable bonds is 5. The van der Waals surface area contributed by atoms with Crippen LogP contribution in [0.4, 0.5) is 5.82 Å². The largest absolute Gasteiger partial charge is 0.384 e. The summed E-state index contributed by atoms with van der Waals surface area (Å²) < 4.78 is 2.25. The van der Waals surface area contributed by atoms with Crippen molar-refractivity contribution in [3.05, 3.63) is 66.0 Å². The molecule has 0 saturated carbocycles. The van der Waals surface area contributed by atoms with E-state index in [9.17, 15) is 4.79 Å². The van der Waals surface area contributed by atoms with Gasteiger partial charge in [-0.3, -0.25) is 4.79 Å². The Labute approximate surface area is 153 Å². The maximum atomic E-state index is 12.5. The first kappa shape index (κ1) is 17.7. The first-order chi connectivity index (χ1) is 12.5. The molecule has 26 heavy (non-hydrogen) atoms. The van der Waals surface area contributed by atoms with Crippen molar-refractivity contribution in [2.45, 2.75) is 26.4 Å². The normalized spacial score (nSPS) is 11.5. The van der Waals surface area contributed by atoms with Crippen LogP contribution in [-0.4, -0.2) is 27.4 Å². The number of pyridine rings is 1. The van der Waals surface area contributed by atoms with Crippen LogP contribution in [0.25, 0.3) is 17.0 Å². The van der Waals surface area contributed by atoms with E-state index in [1.165, 1.54) is 10.9 Å². The number of para-hydroxylation sites is 1.